The van der Waals surface area contributed by atoms with E-state index in [4.69, 9.17) is 0 Å². The van der Waals surface area contributed by atoms with Crippen LogP contribution in [0.3, 0.4) is 0 Å². The highest BCUT2D eigenvalue weighted by atomic mass is 14.9. The molecule has 5 saturated carbocycles. The summed E-state index contributed by atoms with van der Waals surface area (Å²) in [4.78, 5) is 0. The Kier molecular flexibility index (Phi) is 5.53. The Hall–Kier alpha value is -6.24. The molecule has 6 aromatic rings. The minimum atomic E-state index is -0.254. The zero-order valence-electron chi connectivity index (χ0n) is 39.0. The highest BCUT2D eigenvalue weighted by Gasteiger charge is 2.92. The van der Waals surface area contributed by atoms with E-state index in [2.05, 4.69) is 212 Å². The Morgan fingerprint density at radius 3 is 1.09 bits per heavy atom. The maximum Gasteiger partial charge on any atom is 0.0469 e. The first-order valence-electron chi connectivity index (χ1n) is 27.5. The third kappa shape index (κ3) is 2.93. The van der Waals surface area contributed by atoms with Gasteiger partial charge in [-0.15, -0.1) is 0 Å². The average molecular weight is 893 g/mol. The molecule has 0 amide bonds. The molecule has 21 rings (SSSR count). The van der Waals surface area contributed by atoms with Gasteiger partial charge in [0.2, 0.25) is 0 Å². The van der Waals surface area contributed by atoms with Gasteiger partial charge in [-0.05, 0) is 155 Å². The third-order valence-electron chi connectivity index (χ3n) is 25.1. The molecule has 0 heteroatoms. The lowest BCUT2D eigenvalue weighted by molar-refractivity contribution is 0.00544. The monoisotopic (exact) mass is 892 g/mol. The fourth-order valence-corrected chi connectivity index (χ4v) is 25.1. The molecule has 0 heterocycles. The second kappa shape index (κ2) is 10.8. The number of benzene rings is 6. The number of hydrogen-bond donors (Lipinski definition) is 0. The van der Waals surface area contributed by atoms with Crippen molar-refractivity contribution < 1.29 is 0 Å². The van der Waals surface area contributed by atoms with Gasteiger partial charge < -0.3 is 0 Å². The van der Waals surface area contributed by atoms with Crippen molar-refractivity contribution in [2.24, 2.45) is 88.8 Å². The summed E-state index contributed by atoms with van der Waals surface area (Å²) in [5, 5.41) is 0. The minimum Gasteiger partial charge on any atom is -0.0842 e. The minimum absolute atomic E-state index is 0.118. The van der Waals surface area contributed by atoms with Gasteiger partial charge in [-0.3, -0.25) is 0 Å². The van der Waals surface area contributed by atoms with Crippen molar-refractivity contribution in [2.75, 3.05) is 0 Å². The SMILES string of the molecule is C1=CC2C3C=CC4C5C=CC6C7C=CC8c9ccc%10c%11c9C9(c%12ccccc%12)C%12C%13=C%14C%15=C%12C(c%12ccccc%12)(C6C5C%15(c5ccccc5)C4C3C%14(c3ccccc3)C2C(C1%10)C%13%11c1ccccc1)C7C89. The van der Waals surface area contributed by atoms with Crippen molar-refractivity contribution in [1.29, 1.82) is 0 Å². The van der Waals surface area contributed by atoms with Gasteiger partial charge in [0.05, 0.1) is 0 Å². The van der Waals surface area contributed by atoms with Crippen molar-refractivity contribution in [1.82, 2.24) is 0 Å². The molecule has 0 aromatic heterocycles. The molecule has 70 heavy (non-hydrogen) atoms. The van der Waals surface area contributed by atoms with Crippen molar-refractivity contribution in [3.8, 4) is 0 Å². The number of fused-ring (bicyclic) bond motifs is 5. The largest absolute Gasteiger partial charge is 0.0842 e. The number of hydrogen-bond acceptors (Lipinski definition) is 0. The Balaban J connectivity index is 1.11. The summed E-state index contributed by atoms with van der Waals surface area (Å²) in [6, 6.07) is 68.1. The van der Waals surface area contributed by atoms with Gasteiger partial charge in [0, 0.05) is 44.8 Å². The van der Waals surface area contributed by atoms with E-state index in [-0.39, 0.29) is 33.0 Å². The van der Waals surface area contributed by atoms with Crippen LogP contribution in [0.15, 0.2) is 235 Å². The zero-order valence-corrected chi connectivity index (χ0v) is 39.0. The molecule has 0 bridgehead atoms. The fraction of sp³-hybridized carbons (Fsp3) is 0.314. The molecule has 0 saturated heterocycles. The molecule has 15 aliphatic rings. The van der Waals surface area contributed by atoms with Gasteiger partial charge >= 0.3 is 0 Å². The molecule has 0 nitrogen and oxygen atoms in total. The molecule has 332 valence electrons. The second-order valence-electron chi connectivity index (χ2n) is 25.4. The predicted octanol–water partition coefficient (Wildman–Crippen LogP) is 13.5. The van der Waals surface area contributed by atoms with Gasteiger partial charge in [0.1, 0.15) is 0 Å². The van der Waals surface area contributed by atoms with Crippen LogP contribution in [-0.2, 0) is 27.1 Å². The second-order valence-corrected chi connectivity index (χ2v) is 25.4. The van der Waals surface area contributed by atoms with E-state index in [0.29, 0.717) is 94.7 Å². The van der Waals surface area contributed by atoms with E-state index in [1.807, 2.05) is 22.3 Å². The Morgan fingerprint density at radius 2 is 0.600 bits per heavy atom. The normalized spacial score (nSPS) is 49.2. The molecule has 0 spiro atoms. The predicted molar refractivity (Wildman–Crippen MR) is 274 cm³/mol. The molecule has 22 atom stereocenters. The molecule has 6 aromatic carbocycles. The van der Waals surface area contributed by atoms with Crippen LogP contribution in [0.4, 0.5) is 0 Å². The number of rotatable bonds is 5. The van der Waals surface area contributed by atoms with Crippen LogP contribution >= 0.6 is 0 Å². The van der Waals surface area contributed by atoms with E-state index < -0.39 is 0 Å². The molecule has 0 radical (unpaired) electrons. The summed E-state index contributed by atoms with van der Waals surface area (Å²) in [6.07, 6.45) is 23.0. The molecular weight excluding hydrogens is 841 g/mol. The molecule has 0 N–H and O–H groups in total. The number of allylic oxidation sites excluding steroid dienone is 12. The van der Waals surface area contributed by atoms with Gasteiger partial charge in [0.15, 0.2) is 0 Å². The molecule has 22 unspecified atom stereocenters. The Morgan fingerprint density at radius 1 is 0.257 bits per heavy atom. The van der Waals surface area contributed by atoms with Gasteiger partial charge in [-0.2, -0.15) is 0 Å². The van der Waals surface area contributed by atoms with E-state index in [1.54, 1.807) is 50.1 Å². The lowest BCUT2D eigenvalue weighted by Crippen LogP contribution is -2.67. The lowest BCUT2D eigenvalue weighted by atomic mass is 9.34. The fourth-order valence-electron chi connectivity index (χ4n) is 25.1. The van der Waals surface area contributed by atoms with Crippen LogP contribution in [0.5, 0.6) is 0 Å². The quantitative estimate of drug-likeness (QED) is 0.151. The van der Waals surface area contributed by atoms with Crippen molar-refractivity contribution >= 4 is 0 Å². The Labute approximate surface area is 410 Å². The van der Waals surface area contributed by atoms with Gasteiger partial charge in [-0.25, -0.2) is 0 Å². The molecule has 5 fully saturated rings. The average Bonchev–Trinajstić information content (AvgIpc) is 4.36. The first-order valence-corrected chi connectivity index (χ1v) is 27.5. The van der Waals surface area contributed by atoms with Gasteiger partial charge in [-0.1, -0.05) is 212 Å². The van der Waals surface area contributed by atoms with Crippen LogP contribution < -0.4 is 0 Å². The Bertz CT molecular complexity index is 3680. The van der Waals surface area contributed by atoms with Crippen molar-refractivity contribution in [3.63, 3.8) is 0 Å². The van der Waals surface area contributed by atoms with Crippen LogP contribution in [-0.4, -0.2) is 0 Å². The molecule has 15 aliphatic carbocycles. The summed E-state index contributed by atoms with van der Waals surface area (Å²) < 4.78 is 0. The highest BCUT2D eigenvalue weighted by Crippen LogP contribution is 2.96. The van der Waals surface area contributed by atoms with E-state index in [1.165, 1.54) is 0 Å². The van der Waals surface area contributed by atoms with Crippen molar-refractivity contribution in [2.45, 2.75) is 38.9 Å². The van der Waals surface area contributed by atoms with Crippen LogP contribution in [0.2, 0.25) is 0 Å². The van der Waals surface area contributed by atoms with E-state index in [0.717, 1.165) is 0 Å². The summed E-state index contributed by atoms with van der Waals surface area (Å²) >= 11 is 0. The summed E-state index contributed by atoms with van der Waals surface area (Å²) in [5.41, 5.74) is 21.8. The van der Waals surface area contributed by atoms with Crippen molar-refractivity contribution in [3.05, 3.63) is 285 Å². The zero-order chi connectivity index (χ0) is 44.6. The summed E-state index contributed by atoms with van der Waals surface area (Å²) in [6.45, 7) is 0. The van der Waals surface area contributed by atoms with Crippen LogP contribution in [0.25, 0.3) is 0 Å². The van der Waals surface area contributed by atoms with E-state index >= 15 is 0 Å². The summed E-state index contributed by atoms with van der Waals surface area (Å²) in [7, 11) is 0. The van der Waals surface area contributed by atoms with Crippen LogP contribution in [0.1, 0.15) is 61.9 Å². The first kappa shape index (κ1) is 35.8. The molecule has 0 aliphatic heterocycles. The first-order chi connectivity index (χ1) is 34.8. The highest BCUT2D eigenvalue weighted by molar-refractivity contribution is 5.88. The third-order valence-corrected chi connectivity index (χ3v) is 25.1. The lowest BCUT2D eigenvalue weighted by Gasteiger charge is -2.68. The smallest absolute Gasteiger partial charge is 0.0469 e. The van der Waals surface area contributed by atoms with Gasteiger partial charge in [0.25, 0.3) is 0 Å². The topological polar surface area (TPSA) is 0 Å². The van der Waals surface area contributed by atoms with E-state index in [9.17, 15) is 0 Å². The molecular formula is C70H52. The maximum atomic E-state index is 2.90. The standard InChI is InChI=1S/C70H52/c1-6-16-36(17-7-1)66-51-41-26-28-43-45-30-32-47-49-34-35-50-48-33-31-46-44-29-27-42(41)52(66)54(44)68(38-20-10-3-11-21-38)56(46)58(48)70(40-24-14-5-15-25-40)60(50)59(49)69(39-22-12-4-13-23-39)57(47)55(45)67(53(43)51,37-18-8-2-9-19-37)62-61(66)63(68)65(70)64(62)69/h1-35,41-48,51-58,64H. The summed E-state index contributed by atoms with van der Waals surface area (Å²) in [5.74, 6) is 7.64. The van der Waals surface area contributed by atoms with Crippen LogP contribution in [0, 0.1) is 88.8 Å². The maximum absolute atomic E-state index is 2.90.